The fraction of sp³-hybridized carbons (Fsp3) is 0.571. The molecule has 0 bridgehead atoms. The van der Waals surface area contributed by atoms with E-state index in [0.717, 1.165) is 24.3 Å². The Labute approximate surface area is 107 Å². The van der Waals surface area contributed by atoms with E-state index < -0.39 is 0 Å². The maximum Gasteiger partial charge on any atom is 0.160 e. The smallest absolute Gasteiger partial charge is 0.160 e. The number of rotatable bonds is 2. The van der Waals surface area contributed by atoms with Gasteiger partial charge in [-0.25, -0.2) is 9.97 Å². The highest BCUT2D eigenvalue weighted by molar-refractivity contribution is 5.71. The van der Waals surface area contributed by atoms with Gasteiger partial charge in [0.15, 0.2) is 5.65 Å². The molecule has 2 aromatic rings. The van der Waals surface area contributed by atoms with Crippen LogP contribution >= 0.6 is 0 Å². The fourth-order valence-corrected chi connectivity index (χ4v) is 2.87. The van der Waals surface area contributed by atoms with E-state index in [4.69, 9.17) is 4.98 Å². The van der Waals surface area contributed by atoms with Crippen LogP contribution in [-0.4, -0.2) is 27.6 Å². The van der Waals surface area contributed by atoms with Crippen molar-refractivity contribution < 1.29 is 0 Å². The largest absolute Gasteiger partial charge is 0.316 e. The minimum absolute atomic E-state index is 0.396. The third-order valence-electron chi connectivity index (χ3n) is 3.84. The first-order chi connectivity index (χ1) is 8.68. The van der Waals surface area contributed by atoms with E-state index in [0.29, 0.717) is 17.9 Å². The van der Waals surface area contributed by atoms with Crippen molar-refractivity contribution in [3.05, 3.63) is 24.2 Å². The van der Waals surface area contributed by atoms with E-state index in [1.165, 1.54) is 5.82 Å². The lowest BCUT2D eigenvalue weighted by molar-refractivity contribution is 0.491. The number of aromatic nitrogens is 3. The Bertz CT molecular complexity index is 558. The fourth-order valence-electron chi connectivity index (χ4n) is 2.87. The summed E-state index contributed by atoms with van der Waals surface area (Å²) in [5.74, 6) is 2.33. The molecule has 1 fully saturated rings. The van der Waals surface area contributed by atoms with E-state index in [1.54, 1.807) is 0 Å². The predicted molar refractivity (Wildman–Crippen MR) is 72.7 cm³/mol. The molecular weight excluding hydrogens is 224 g/mol. The molecule has 4 heteroatoms. The molecule has 96 valence electrons. The standard InChI is InChI=1S/C14H20N4/c1-9(2)18-13(11-8-15-7-10(11)3)17-12-5-4-6-16-14(12)18/h4-6,9-11,15H,7-8H2,1-3H3/t10-,11-/m1/s1. The van der Waals surface area contributed by atoms with E-state index in [2.05, 4.69) is 41.7 Å². The zero-order valence-electron chi connectivity index (χ0n) is 11.2. The summed E-state index contributed by atoms with van der Waals surface area (Å²) < 4.78 is 2.30. The van der Waals surface area contributed by atoms with Gasteiger partial charge in [0.1, 0.15) is 11.3 Å². The number of hydrogen-bond donors (Lipinski definition) is 1. The number of fused-ring (bicyclic) bond motifs is 1. The third kappa shape index (κ3) is 1.72. The van der Waals surface area contributed by atoms with Crippen molar-refractivity contribution >= 4 is 11.2 Å². The summed E-state index contributed by atoms with van der Waals surface area (Å²) in [5, 5.41) is 3.46. The first kappa shape index (κ1) is 11.7. The summed E-state index contributed by atoms with van der Waals surface area (Å²) >= 11 is 0. The Morgan fingerprint density at radius 2 is 2.22 bits per heavy atom. The molecule has 0 unspecified atom stereocenters. The number of hydrogen-bond acceptors (Lipinski definition) is 3. The van der Waals surface area contributed by atoms with Crippen molar-refractivity contribution in [3.63, 3.8) is 0 Å². The molecule has 1 saturated heterocycles. The summed E-state index contributed by atoms with van der Waals surface area (Å²) in [4.78, 5) is 9.33. The van der Waals surface area contributed by atoms with Gasteiger partial charge in [0.25, 0.3) is 0 Å². The van der Waals surface area contributed by atoms with Crippen LogP contribution in [0.5, 0.6) is 0 Å². The number of imidazole rings is 1. The van der Waals surface area contributed by atoms with Crippen LogP contribution in [0.1, 0.15) is 38.6 Å². The normalized spacial score (nSPS) is 24.2. The van der Waals surface area contributed by atoms with Gasteiger partial charge in [0.05, 0.1) is 0 Å². The molecule has 1 aliphatic heterocycles. The summed E-state index contributed by atoms with van der Waals surface area (Å²) in [6.45, 7) is 8.80. The van der Waals surface area contributed by atoms with Gasteiger partial charge in [0.2, 0.25) is 0 Å². The first-order valence-corrected chi connectivity index (χ1v) is 6.72. The average molecular weight is 244 g/mol. The van der Waals surface area contributed by atoms with E-state index in [-0.39, 0.29) is 0 Å². The number of pyridine rings is 1. The van der Waals surface area contributed by atoms with Gasteiger partial charge in [-0.15, -0.1) is 0 Å². The molecule has 0 aliphatic carbocycles. The van der Waals surface area contributed by atoms with Gasteiger partial charge in [-0.1, -0.05) is 6.92 Å². The average Bonchev–Trinajstić information content (AvgIpc) is 2.91. The van der Waals surface area contributed by atoms with Crippen LogP contribution in [0.25, 0.3) is 11.2 Å². The molecular formula is C14H20N4. The summed E-state index contributed by atoms with van der Waals surface area (Å²) in [6, 6.07) is 4.41. The zero-order valence-corrected chi connectivity index (χ0v) is 11.2. The van der Waals surface area contributed by atoms with Crippen molar-refractivity contribution in [2.75, 3.05) is 13.1 Å². The first-order valence-electron chi connectivity index (χ1n) is 6.72. The quantitative estimate of drug-likeness (QED) is 0.881. The second kappa shape index (κ2) is 4.35. The topological polar surface area (TPSA) is 42.7 Å². The Morgan fingerprint density at radius 3 is 2.89 bits per heavy atom. The lowest BCUT2D eigenvalue weighted by atomic mass is 9.97. The third-order valence-corrected chi connectivity index (χ3v) is 3.84. The van der Waals surface area contributed by atoms with Crippen molar-refractivity contribution in [1.82, 2.24) is 19.9 Å². The molecule has 0 radical (unpaired) electrons. The van der Waals surface area contributed by atoms with Crippen LogP contribution in [0, 0.1) is 5.92 Å². The molecule has 0 amide bonds. The lowest BCUT2D eigenvalue weighted by Gasteiger charge is -2.18. The van der Waals surface area contributed by atoms with Crippen LogP contribution in [0.2, 0.25) is 0 Å². The van der Waals surface area contributed by atoms with Gasteiger partial charge >= 0.3 is 0 Å². The van der Waals surface area contributed by atoms with Crippen LogP contribution in [0.4, 0.5) is 0 Å². The van der Waals surface area contributed by atoms with Gasteiger partial charge < -0.3 is 9.88 Å². The number of nitrogens with zero attached hydrogens (tertiary/aromatic N) is 3. The molecule has 0 spiro atoms. The molecule has 3 rings (SSSR count). The molecule has 1 N–H and O–H groups in total. The Kier molecular flexibility index (Phi) is 2.82. The maximum atomic E-state index is 4.83. The lowest BCUT2D eigenvalue weighted by Crippen LogP contribution is -2.16. The minimum atomic E-state index is 0.396. The highest BCUT2D eigenvalue weighted by atomic mass is 15.2. The highest BCUT2D eigenvalue weighted by Gasteiger charge is 2.30. The predicted octanol–water partition coefficient (Wildman–Crippen LogP) is 2.34. The molecule has 3 heterocycles. The molecule has 2 atom stereocenters. The molecule has 1 aliphatic rings. The van der Waals surface area contributed by atoms with Crippen LogP contribution in [-0.2, 0) is 0 Å². The van der Waals surface area contributed by atoms with Crippen molar-refractivity contribution in [2.45, 2.75) is 32.7 Å². The second-order valence-electron chi connectivity index (χ2n) is 5.52. The Balaban J connectivity index is 2.18. The van der Waals surface area contributed by atoms with Crippen LogP contribution in [0.3, 0.4) is 0 Å². The van der Waals surface area contributed by atoms with E-state index in [1.807, 2.05) is 12.3 Å². The Hall–Kier alpha value is -1.42. The Morgan fingerprint density at radius 1 is 1.39 bits per heavy atom. The summed E-state index contributed by atoms with van der Waals surface area (Å²) in [6.07, 6.45) is 1.85. The highest BCUT2D eigenvalue weighted by Crippen LogP contribution is 2.31. The minimum Gasteiger partial charge on any atom is -0.316 e. The van der Waals surface area contributed by atoms with Crippen LogP contribution < -0.4 is 5.32 Å². The van der Waals surface area contributed by atoms with Gasteiger partial charge in [-0.3, -0.25) is 0 Å². The van der Waals surface area contributed by atoms with Crippen LogP contribution in [0.15, 0.2) is 18.3 Å². The SMILES string of the molecule is CC(C)n1c([C@@H]2CNC[C@H]2C)nc2cccnc21. The van der Waals surface area contributed by atoms with E-state index in [9.17, 15) is 0 Å². The van der Waals surface area contributed by atoms with E-state index >= 15 is 0 Å². The molecule has 0 aromatic carbocycles. The summed E-state index contributed by atoms with van der Waals surface area (Å²) in [5.41, 5.74) is 2.03. The molecule has 0 saturated carbocycles. The summed E-state index contributed by atoms with van der Waals surface area (Å²) in [7, 11) is 0. The number of nitrogens with one attached hydrogen (secondary N) is 1. The molecule has 18 heavy (non-hydrogen) atoms. The maximum absolute atomic E-state index is 4.83. The zero-order chi connectivity index (χ0) is 12.7. The van der Waals surface area contributed by atoms with Gasteiger partial charge in [0, 0.05) is 24.7 Å². The van der Waals surface area contributed by atoms with Crippen molar-refractivity contribution in [2.24, 2.45) is 5.92 Å². The monoisotopic (exact) mass is 244 g/mol. The second-order valence-corrected chi connectivity index (χ2v) is 5.52. The van der Waals surface area contributed by atoms with Crippen molar-refractivity contribution in [3.8, 4) is 0 Å². The van der Waals surface area contributed by atoms with Crippen molar-refractivity contribution in [1.29, 1.82) is 0 Å². The van der Waals surface area contributed by atoms with Gasteiger partial charge in [-0.05, 0) is 38.4 Å². The molecule has 2 aromatic heterocycles. The van der Waals surface area contributed by atoms with Gasteiger partial charge in [-0.2, -0.15) is 0 Å². The molecule has 4 nitrogen and oxygen atoms in total.